The Balaban J connectivity index is 2.27. The van der Waals surface area contributed by atoms with Crippen LogP contribution in [0.3, 0.4) is 0 Å². The van der Waals surface area contributed by atoms with Crippen molar-refractivity contribution in [3.8, 4) is 11.1 Å². The van der Waals surface area contributed by atoms with Gasteiger partial charge < -0.3 is 0 Å². The summed E-state index contributed by atoms with van der Waals surface area (Å²) in [5.74, 6) is 0. The number of aryl methyl sites for hydroxylation is 3. The first-order valence-corrected chi connectivity index (χ1v) is 6.66. The smallest absolute Gasteiger partial charge is 0.0935 e. The van der Waals surface area contributed by atoms with E-state index in [1.807, 2.05) is 24.1 Å². The first-order chi connectivity index (χ1) is 9.20. The van der Waals surface area contributed by atoms with Gasteiger partial charge in [0.05, 0.1) is 11.7 Å². The van der Waals surface area contributed by atoms with Gasteiger partial charge in [-0.1, -0.05) is 19.4 Å². The number of hydrogen-bond acceptors (Lipinski definition) is 2. The molecule has 0 unspecified atom stereocenters. The van der Waals surface area contributed by atoms with Crippen LogP contribution >= 0.6 is 0 Å². The number of H-pyrrole nitrogens is 1. The van der Waals surface area contributed by atoms with E-state index in [4.69, 9.17) is 0 Å². The van der Waals surface area contributed by atoms with E-state index in [9.17, 15) is 0 Å². The van der Waals surface area contributed by atoms with Gasteiger partial charge in [-0.3, -0.25) is 9.78 Å². The lowest BCUT2D eigenvalue weighted by molar-refractivity contribution is 0.750. The molecule has 3 aromatic rings. The van der Waals surface area contributed by atoms with E-state index in [2.05, 4.69) is 41.3 Å². The lowest BCUT2D eigenvalue weighted by Gasteiger charge is -2.06. The van der Waals surface area contributed by atoms with Gasteiger partial charge in [-0.15, -0.1) is 0 Å². The van der Waals surface area contributed by atoms with Crippen LogP contribution in [0.4, 0.5) is 0 Å². The highest BCUT2D eigenvalue weighted by Crippen LogP contribution is 2.29. The van der Waals surface area contributed by atoms with Crippen molar-refractivity contribution in [1.82, 2.24) is 20.0 Å². The van der Waals surface area contributed by atoms with Crippen LogP contribution in [0.1, 0.15) is 24.6 Å². The predicted octanol–water partition coefficient (Wildman–Crippen LogP) is 3.22. The van der Waals surface area contributed by atoms with Crippen LogP contribution in [-0.4, -0.2) is 20.0 Å². The molecule has 4 heteroatoms. The Morgan fingerprint density at radius 1 is 1.26 bits per heavy atom. The SMILES string of the molecule is CCCc1cc(-c2cn[nH]c2)cc2nn(C)c(C)c12. The summed E-state index contributed by atoms with van der Waals surface area (Å²) < 4.78 is 1.96. The summed E-state index contributed by atoms with van der Waals surface area (Å²) >= 11 is 0. The molecule has 19 heavy (non-hydrogen) atoms. The van der Waals surface area contributed by atoms with Gasteiger partial charge in [-0.25, -0.2) is 0 Å². The molecule has 0 bridgehead atoms. The van der Waals surface area contributed by atoms with E-state index in [1.165, 1.54) is 22.2 Å². The van der Waals surface area contributed by atoms with Gasteiger partial charge in [0.1, 0.15) is 0 Å². The van der Waals surface area contributed by atoms with Crippen LogP contribution in [0.2, 0.25) is 0 Å². The summed E-state index contributed by atoms with van der Waals surface area (Å²) in [4.78, 5) is 0. The third-order valence-corrected chi connectivity index (χ3v) is 3.66. The largest absolute Gasteiger partial charge is 0.285 e. The van der Waals surface area contributed by atoms with Gasteiger partial charge in [0, 0.05) is 29.9 Å². The maximum Gasteiger partial charge on any atom is 0.0935 e. The minimum absolute atomic E-state index is 1.07. The van der Waals surface area contributed by atoms with Gasteiger partial charge in [-0.05, 0) is 30.5 Å². The molecule has 0 radical (unpaired) electrons. The molecular weight excluding hydrogens is 236 g/mol. The summed E-state index contributed by atoms with van der Waals surface area (Å²) in [6.45, 7) is 4.34. The first kappa shape index (κ1) is 12.0. The second-order valence-corrected chi connectivity index (χ2v) is 4.98. The van der Waals surface area contributed by atoms with Crippen molar-refractivity contribution in [1.29, 1.82) is 0 Å². The second kappa shape index (κ2) is 4.53. The third kappa shape index (κ3) is 1.93. The monoisotopic (exact) mass is 254 g/mol. The number of aromatic nitrogens is 4. The number of hydrogen-bond donors (Lipinski definition) is 1. The average molecular weight is 254 g/mol. The highest BCUT2D eigenvalue weighted by Gasteiger charge is 2.12. The van der Waals surface area contributed by atoms with Gasteiger partial charge in [0.2, 0.25) is 0 Å². The molecular formula is C15H18N4. The Morgan fingerprint density at radius 3 is 2.79 bits per heavy atom. The van der Waals surface area contributed by atoms with Crippen LogP contribution in [0, 0.1) is 6.92 Å². The molecule has 1 N–H and O–H groups in total. The highest BCUT2D eigenvalue weighted by atomic mass is 15.3. The molecule has 0 saturated carbocycles. The van der Waals surface area contributed by atoms with E-state index in [0.29, 0.717) is 0 Å². The lowest BCUT2D eigenvalue weighted by atomic mass is 9.98. The summed E-state index contributed by atoms with van der Waals surface area (Å²) in [5.41, 5.74) is 5.98. The molecule has 0 amide bonds. The average Bonchev–Trinajstić information content (AvgIpc) is 2.99. The molecule has 3 rings (SSSR count). The molecule has 0 spiro atoms. The fourth-order valence-corrected chi connectivity index (χ4v) is 2.62. The third-order valence-electron chi connectivity index (χ3n) is 3.66. The van der Waals surface area contributed by atoms with Crippen molar-refractivity contribution in [2.45, 2.75) is 26.7 Å². The summed E-state index contributed by atoms with van der Waals surface area (Å²) in [7, 11) is 2.00. The highest BCUT2D eigenvalue weighted by molar-refractivity contribution is 5.89. The van der Waals surface area contributed by atoms with E-state index >= 15 is 0 Å². The number of nitrogens with zero attached hydrogens (tertiary/aromatic N) is 3. The van der Waals surface area contributed by atoms with Gasteiger partial charge >= 0.3 is 0 Å². The zero-order chi connectivity index (χ0) is 13.4. The van der Waals surface area contributed by atoms with Crippen LogP contribution in [0.25, 0.3) is 22.0 Å². The van der Waals surface area contributed by atoms with Crippen molar-refractivity contribution in [2.24, 2.45) is 7.05 Å². The van der Waals surface area contributed by atoms with Crippen LogP contribution in [-0.2, 0) is 13.5 Å². The Bertz CT molecular complexity index is 707. The van der Waals surface area contributed by atoms with Gasteiger partial charge in [-0.2, -0.15) is 10.2 Å². The standard InChI is InChI=1S/C15H18N4/c1-4-5-11-6-12(13-8-16-17-9-13)7-14-15(11)10(2)19(3)18-14/h6-9H,4-5H2,1-3H3,(H,16,17). The zero-order valence-electron chi connectivity index (χ0n) is 11.6. The number of aromatic amines is 1. The summed E-state index contributed by atoms with van der Waals surface area (Å²) in [5, 5.41) is 12.8. The first-order valence-electron chi connectivity index (χ1n) is 6.66. The van der Waals surface area contributed by atoms with E-state index < -0.39 is 0 Å². The molecule has 0 aliphatic carbocycles. The van der Waals surface area contributed by atoms with Gasteiger partial charge in [0.15, 0.2) is 0 Å². The van der Waals surface area contributed by atoms with E-state index in [0.717, 1.165) is 23.9 Å². The Labute approximate surface area is 112 Å². The maximum atomic E-state index is 4.61. The van der Waals surface area contributed by atoms with Crippen molar-refractivity contribution in [3.05, 3.63) is 35.8 Å². The quantitative estimate of drug-likeness (QED) is 0.780. The molecule has 2 aromatic heterocycles. The molecule has 98 valence electrons. The van der Waals surface area contributed by atoms with Crippen LogP contribution in [0.15, 0.2) is 24.5 Å². The molecule has 0 aliphatic rings. The van der Waals surface area contributed by atoms with Crippen LogP contribution < -0.4 is 0 Å². The molecule has 0 aliphatic heterocycles. The minimum atomic E-state index is 1.07. The lowest BCUT2D eigenvalue weighted by Crippen LogP contribution is -1.92. The van der Waals surface area contributed by atoms with Crippen molar-refractivity contribution < 1.29 is 0 Å². The number of benzene rings is 1. The topological polar surface area (TPSA) is 46.5 Å². The van der Waals surface area contributed by atoms with Crippen LogP contribution in [0.5, 0.6) is 0 Å². The van der Waals surface area contributed by atoms with Crippen molar-refractivity contribution >= 4 is 10.9 Å². The Kier molecular flexibility index (Phi) is 2.85. The molecule has 1 aromatic carbocycles. The zero-order valence-corrected chi connectivity index (χ0v) is 11.6. The minimum Gasteiger partial charge on any atom is -0.285 e. The number of nitrogens with one attached hydrogen (secondary N) is 1. The number of fused-ring (bicyclic) bond motifs is 1. The Morgan fingerprint density at radius 2 is 2.11 bits per heavy atom. The molecule has 4 nitrogen and oxygen atoms in total. The Hall–Kier alpha value is -2.10. The number of rotatable bonds is 3. The van der Waals surface area contributed by atoms with E-state index in [-0.39, 0.29) is 0 Å². The second-order valence-electron chi connectivity index (χ2n) is 4.98. The normalized spacial score (nSPS) is 11.3. The van der Waals surface area contributed by atoms with Gasteiger partial charge in [0.25, 0.3) is 0 Å². The fraction of sp³-hybridized carbons (Fsp3) is 0.333. The summed E-state index contributed by atoms with van der Waals surface area (Å²) in [6.07, 6.45) is 5.99. The van der Waals surface area contributed by atoms with Crippen molar-refractivity contribution in [3.63, 3.8) is 0 Å². The molecule has 2 heterocycles. The maximum absolute atomic E-state index is 4.61. The molecule has 0 atom stereocenters. The molecule has 0 fully saturated rings. The molecule has 0 saturated heterocycles. The van der Waals surface area contributed by atoms with E-state index in [1.54, 1.807) is 0 Å². The predicted molar refractivity (Wildman–Crippen MR) is 77.0 cm³/mol. The summed E-state index contributed by atoms with van der Waals surface area (Å²) in [6, 6.07) is 4.41. The van der Waals surface area contributed by atoms with Crippen molar-refractivity contribution in [2.75, 3.05) is 0 Å². The fourth-order valence-electron chi connectivity index (χ4n) is 2.62.